The molecule has 8 amide bonds. The topological polar surface area (TPSA) is 201 Å². The van der Waals surface area contributed by atoms with Gasteiger partial charge in [0.15, 0.2) is 0 Å². The van der Waals surface area contributed by atoms with Crippen molar-refractivity contribution in [3.63, 3.8) is 0 Å². The molecule has 16 nitrogen and oxygen atoms in total. The maximum absolute atomic E-state index is 12.6. The highest BCUT2D eigenvalue weighted by molar-refractivity contribution is 6.50. The summed E-state index contributed by atoms with van der Waals surface area (Å²) in [5.41, 5.74) is 2.35. The number of anilines is 4. The van der Waals surface area contributed by atoms with Crippen LogP contribution < -0.4 is 19.6 Å². The normalized spacial score (nSPS) is 19.8. The van der Waals surface area contributed by atoms with Crippen LogP contribution in [0.2, 0.25) is 60.8 Å². The van der Waals surface area contributed by atoms with Gasteiger partial charge in [-0.05, 0) is 53.4 Å². The number of hydrogen-bond donors (Lipinski definition) is 0. The number of carbonyl (C=O) groups is 8. The third-order valence-electron chi connectivity index (χ3n) is 13.2. The molecule has 2 saturated carbocycles. The van der Waals surface area contributed by atoms with E-state index < -0.39 is 0 Å². The number of hydrogen-bond acceptors (Lipinski definition) is 12. The van der Waals surface area contributed by atoms with Gasteiger partial charge in [-0.3, -0.25) is 38.4 Å². The maximum Gasteiger partial charge on any atom is 0.237 e. The highest BCUT2D eigenvalue weighted by Gasteiger charge is 2.52. The fraction of sp³-hybridized carbons (Fsp3) is 0.472. The molecular formula is C53H56Cl12N8O8. The molecule has 8 heterocycles. The van der Waals surface area contributed by atoms with E-state index in [0.717, 1.165) is 64.5 Å². The molecule has 28 heteroatoms. The van der Waals surface area contributed by atoms with Crippen molar-refractivity contribution in [2.75, 3.05) is 19.6 Å². The lowest BCUT2D eigenvalue weighted by molar-refractivity contribution is -0.124. The van der Waals surface area contributed by atoms with E-state index in [-0.39, 0.29) is 180 Å². The van der Waals surface area contributed by atoms with E-state index in [1.165, 1.54) is 0 Å². The number of halogens is 12. The van der Waals surface area contributed by atoms with Gasteiger partial charge >= 0.3 is 0 Å². The van der Waals surface area contributed by atoms with Gasteiger partial charge < -0.3 is 0 Å². The Bertz CT molecular complexity index is 2890. The zero-order valence-electron chi connectivity index (χ0n) is 45.5. The van der Waals surface area contributed by atoms with Crippen molar-refractivity contribution in [2.45, 2.75) is 140 Å². The number of nitrogens with zero attached hydrogens (tertiary/aromatic N) is 8. The molecule has 2 aliphatic carbocycles. The molecule has 4 aromatic rings. The molecule has 4 saturated heterocycles. The zero-order chi connectivity index (χ0) is 61.4. The van der Waals surface area contributed by atoms with Crippen molar-refractivity contribution >= 4 is 209 Å². The van der Waals surface area contributed by atoms with Crippen molar-refractivity contribution in [3.8, 4) is 0 Å². The summed E-state index contributed by atoms with van der Waals surface area (Å²) in [6.07, 6.45) is 6.40. The number of amides is 8. The summed E-state index contributed by atoms with van der Waals surface area (Å²) in [5.74, 6) is -3.27. The predicted molar refractivity (Wildman–Crippen MR) is 325 cm³/mol. The SMILES string of the molecule is CC.CC.CC.Cc1nc(Cl)c(Cl)c(N2C(=O)C3CCCC3C2=O)c1Cl.Cc1nc(Cl)c(Cl)c(N2C(=O)C3CCCCC3C2=O)c1Cl.Cc1nc(Cl)c(Cl)c(N2C(=O)CCC2=O)c1Cl.Cc1nc(Cl)c(Cl)c(N2C(=O)CCC2=O)c1Cl. The molecule has 6 aliphatic rings. The van der Waals surface area contributed by atoms with E-state index in [0.29, 0.717) is 22.8 Å². The minimum atomic E-state index is -0.333. The Morgan fingerprint density at radius 2 is 0.481 bits per heavy atom. The van der Waals surface area contributed by atoms with Gasteiger partial charge in [0.2, 0.25) is 47.3 Å². The van der Waals surface area contributed by atoms with Crippen LogP contribution in [0.4, 0.5) is 22.7 Å². The number of imide groups is 4. The zero-order valence-corrected chi connectivity index (χ0v) is 54.5. The number of fused-ring (bicyclic) bond motifs is 2. The van der Waals surface area contributed by atoms with Crippen LogP contribution in [0.15, 0.2) is 0 Å². The third-order valence-corrected chi connectivity index (χ3v) is 17.9. The maximum atomic E-state index is 12.6. The average Bonchev–Trinajstić information content (AvgIpc) is 4.27. The minimum absolute atomic E-state index is 0.0193. The summed E-state index contributed by atoms with van der Waals surface area (Å²) in [6.45, 7) is 18.6. The monoisotopic (exact) mass is 1350 g/mol. The van der Waals surface area contributed by atoms with Gasteiger partial charge in [-0.1, -0.05) is 200 Å². The third kappa shape index (κ3) is 14.5. The quantitative estimate of drug-likeness (QED) is 0.138. The van der Waals surface area contributed by atoms with E-state index in [2.05, 4.69) is 19.9 Å². The Kier molecular flexibility index (Phi) is 26.5. The summed E-state index contributed by atoms with van der Waals surface area (Å²) in [7, 11) is 0. The molecule has 4 aliphatic heterocycles. The van der Waals surface area contributed by atoms with E-state index >= 15 is 0 Å². The summed E-state index contributed by atoms with van der Waals surface area (Å²) >= 11 is 72.2. The Morgan fingerprint density at radius 3 is 0.691 bits per heavy atom. The number of aryl methyl sites for hydroxylation is 4. The summed E-state index contributed by atoms with van der Waals surface area (Å²) in [5, 5.41) is 1.00. The molecule has 10 rings (SSSR count). The van der Waals surface area contributed by atoms with Gasteiger partial charge in [0.1, 0.15) is 40.7 Å². The van der Waals surface area contributed by atoms with Crippen molar-refractivity contribution in [3.05, 3.63) is 83.6 Å². The van der Waals surface area contributed by atoms with Crippen LogP contribution >= 0.6 is 139 Å². The number of rotatable bonds is 4. The van der Waals surface area contributed by atoms with Crippen molar-refractivity contribution in [1.82, 2.24) is 19.9 Å². The lowest BCUT2D eigenvalue weighted by Crippen LogP contribution is -2.32. The molecule has 0 N–H and O–H groups in total. The second-order valence-electron chi connectivity index (χ2n) is 17.8. The standard InChI is InChI=1S/C14H13Cl3N2O2.C13H11Cl3N2O2.2C10H7Cl3N2O2.3C2H6/c1-6-9(15)11(10(16)12(17)18-6)19-13(20)7-4-2-3-5-8(7)14(19)21;1-5-8(14)10(9(15)11(16)17-5)18-12(19)6-3-2-4-7(6)13(18)20;2*1-4-7(11)9(8(12)10(13)14-4)15-5(16)2-3-6(15)17;3*1-2/h7-8H,2-5H2,1H3;6-7H,2-4H2,1H3;2*2-3H2,1H3;3*1-2H3. The van der Waals surface area contributed by atoms with Gasteiger partial charge in [-0.15, -0.1) is 0 Å². The van der Waals surface area contributed by atoms with E-state index in [1.54, 1.807) is 27.7 Å². The Hall–Kier alpha value is -3.36. The van der Waals surface area contributed by atoms with Crippen molar-refractivity contribution < 1.29 is 38.4 Å². The molecule has 0 radical (unpaired) electrons. The molecule has 0 bridgehead atoms. The Morgan fingerprint density at radius 1 is 0.296 bits per heavy atom. The smallest absolute Gasteiger partial charge is 0.237 e. The van der Waals surface area contributed by atoms with Gasteiger partial charge in [-0.25, -0.2) is 39.5 Å². The van der Waals surface area contributed by atoms with E-state index in [9.17, 15) is 38.4 Å². The first-order valence-electron chi connectivity index (χ1n) is 25.7. The fourth-order valence-electron chi connectivity index (χ4n) is 9.47. The molecule has 0 spiro atoms. The van der Waals surface area contributed by atoms with Crippen LogP contribution in [0, 0.1) is 51.4 Å². The molecule has 4 atom stereocenters. The number of pyridine rings is 4. The lowest BCUT2D eigenvalue weighted by atomic mass is 9.81. The van der Waals surface area contributed by atoms with Crippen LogP contribution in [0.25, 0.3) is 0 Å². The van der Waals surface area contributed by atoms with Crippen LogP contribution in [0.5, 0.6) is 0 Å². The molecule has 4 unspecified atom stereocenters. The molecule has 81 heavy (non-hydrogen) atoms. The van der Waals surface area contributed by atoms with Crippen LogP contribution in [0.1, 0.15) is 135 Å². The molecule has 6 fully saturated rings. The summed E-state index contributed by atoms with van der Waals surface area (Å²) < 4.78 is 0. The highest BCUT2D eigenvalue weighted by Crippen LogP contribution is 2.49. The average molecular weight is 1360 g/mol. The Labute approximate surface area is 529 Å². The second-order valence-corrected chi connectivity index (χ2v) is 22.2. The van der Waals surface area contributed by atoms with Gasteiger partial charge in [0, 0.05) is 25.7 Å². The predicted octanol–water partition coefficient (Wildman–Crippen LogP) is 16.8. The molecule has 440 valence electrons. The van der Waals surface area contributed by atoms with Crippen LogP contribution in [-0.2, 0) is 38.4 Å². The van der Waals surface area contributed by atoms with Crippen LogP contribution in [0.3, 0.4) is 0 Å². The van der Waals surface area contributed by atoms with Crippen molar-refractivity contribution in [1.29, 1.82) is 0 Å². The fourth-order valence-corrected chi connectivity index (χ4v) is 12.3. The lowest BCUT2D eigenvalue weighted by Gasteiger charge is -2.20. The van der Waals surface area contributed by atoms with E-state index in [4.69, 9.17) is 139 Å². The number of aromatic nitrogens is 4. The highest BCUT2D eigenvalue weighted by atomic mass is 35.5. The van der Waals surface area contributed by atoms with Gasteiger partial charge in [0.05, 0.1) is 89.3 Å². The minimum Gasteiger partial charge on any atom is -0.274 e. The second kappa shape index (κ2) is 30.6. The summed E-state index contributed by atoms with van der Waals surface area (Å²) in [6, 6.07) is 0. The first-order chi connectivity index (χ1) is 38.2. The largest absolute Gasteiger partial charge is 0.274 e. The first kappa shape index (κ1) is 70.1. The van der Waals surface area contributed by atoms with E-state index in [1.807, 2.05) is 41.5 Å². The molecule has 4 aromatic heterocycles. The first-order valence-corrected chi connectivity index (χ1v) is 30.3. The number of carbonyl (C=O) groups excluding carboxylic acids is 8. The van der Waals surface area contributed by atoms with Gasteiger partial charge in [0.25, 0.3) is 0 Å². The summed E-state index contributed by atoms with van der Waals surface area (Å²) in [4.78, 5) is 117. The van der Waals surface area contributed by atoms with Crippen LogP contribution in [-0.4, -0.2) is 67.2 Å². The molecule has 0 aromatic carbocycles. The molecular weight excluding hydrogens is 1300 g/mol. The Balaban J connectivity index is 0.000000226. The van der Waals surface area contributed by atoms with Crippen molar-refractivity contribution in [2.24, 2.45) is 23.7 Å². The van der Waals surface area contributed by atoms with Gasteiger partial charge in [-0.2, -0.15) is 0 Å².